The number of carbonyl (C=O) groups excluding carboxylic acids is 1. The van der Waals surface area contributed by atoms with E-state index in [2.05, 4.69) is 59.5 Å². The van der Waals surface area contributed by atoms with Gasteiger partial charge in [0, 0.05) is 11.3 Å². The molecular weight excluding hydrogens is 336 g/mol. The predicted molar refractivity (Wildman–Crippen MR) is 114 cm³/mol. The fourth-order valence-corrected chi connectivity index (χ4v) is 6.05. The van der Waals surface area contributed by atoms with Gasteiger partial charge >= 0.3 is 0 Å². The summed E-state index contributed by atoms with van der Waals surface area (Å²) in [5, 5.41) is 0.222. The lowest BCUT2D eigenvalue weighted by Crippen LogP contribution is -2.52. The van der Waals surface area contributed by atoms with Gasteiger partial charge in [0.1, 0.15) is 6.29 Å². The van der Waals surface area contributed by atoms with E-state index in [0.717, 1.165) is 32.1 Å². The SMILES string of the molecule is C=CCCC[C@@H]1C=C[C@H]2[C@@H](CCC[C@H]2O[Si](C)(C)C(C)(C)C)[C@]1(C)C=O. The number of rotatable bonds is 7. The number of aldehydes is 1. The molecule has 0 heterocycles. The summed E-state index contributed by atoms with van der Waals surface area (Å²) in [7, 11) is -1.80. The topological polar surface area (TPSA) is 26.3 Å². The molecule has 0 N–H and O–H groups in total. The molecule has 0 bridgehead atoms. The first kappa shape index (κ1) is 21.6. The minimum atomic E-state index is -1.80. The Morgan fingerprint density at radius 2 is 1.96 bits per heavy atom. The lowest BCUT2D eigenvalue weighted by Gasteiger charge is -2.52. The molecule has 3 heteroatoms. The Hall–Kier alpha value is -0.673. The van der Waals surface area contributed by atoms with Gasteiger partial charge in [0.15, 0.2) is 8.32 Å². The maximum absolute atomic E-state index is 12.2. The second-order valence-electron chi connectivity index (χ2n) is 10.2. The highest BCUT2D eigenvalue weighted by molar-refractivity contribution is 6.74. The molecule has 0 aromatic carbocycles. The quantitative estimate of drug-likeness (QED) is 0.218. The molecule has 0 aromatic heterocycles. The van der Waals surface area contributed by atoms with Crippen molar-refractivity contribution in [2.24, 2.45) is 23.2 Å². The average molecular weight is 377 g/mol. The van der Waals surface area contributed by atoms with Crippen LogP contribution in [0.5, 0.6) is 0 Å². The first-order valence-corrected chi connectivity index (χ1v) is 13.4. The van der Waals surface area contributed by atoms with Crippen LogP contribution in [0.3, 0.4) is 0 Å². The summed E-state index contributed by atoms with van der Waals surface area (Å²) in [6, 6.07) is 0. The van der Waals surface area contributed by atoms with E-state index >= 15 is 0 Å². The normalized spacial score (nSPS) is 35.0. The van der Waals surface area contributed by atoms with Gasteiger partial charge in [-0.15, -0.1) is 6.58 Å². The van der Waals surface area contributed by atoms with Gasteiger partial charge in [0.2, 0.25) is 0 Å². The van der Waals surface area contributed by atoms with Crippen LogP contribution in [0.15, 0.2) is 24.8 Å². The van der Waals surface area contributed by atoms with Gasteiger partial charge in [-0.2, -0.15) is 0 Å². The van der Waals surface area contributed by atoms with E-state index in [9.17, 15) is 4.79 Å². The number of fused-ring (bicyclic) bond motifs is 1. The fourth-order valence-electron chi connectivity index (χ4n) is 4.67. The third-order valence-electron chi connectivity index (χ3n) is 7.49. The molecular formula is C23H40O2Si. The van der Waals surface area contributed by atoms with Crippen molar-refractivity contribution in [3.8, 4) is 0 Å². The first-order chi connectivity index (χ1) is 12.1. The maximum atomic E-state index is 12.2. The zero-order valence-corrected chi connectivity index (χ0v) is 18.9. The van der Waals surface area contributed by atoms with Crippen molar-refractivity contribution >= 4 is 14.6 Å². The lowest BCUT2D eigenvalue weighted by atomic mass is 9.55. The van der Waals surface area contributed by atoms with Crippen molar-refractivity contribution in [3.63, 3.8) is 0 Å². The summed E-state index contributed by atoms with van der Waals surface area (Å²) in [5.41, 5.74) is -0.254. The van der Waals surface area contributed by atoms with Crippen molar-refractivity contribution in [1.29, 1.82) is 0 Å². The number of carbonyl (C=O) groups is 1. The summed E-state index contributed by atoms with van der Waals surface area (Å²) in [5.74, 6) is 1.17. The standard InChI is InChI=1S/C23H40O2Si/c1-8-9-10-12-18-15-16-19-20(23(18,5)17-24)13-11-14-21(19)25-26(6,7)22(2,3)4/h8,15-21H,1,9-14H2,2-7H3/t18-,19+,20-,21-,23-/m1/s1. The van der Waals surface area contributed by atoms with Crippen LogP contribution in [0.1, 0.15) is 66.2 Å². The van der Waals surface area contributed by atoms with Gasteiger partial charge in [-0.25, -0.2) is 0 Å². The summed E-state index contributed by atoms with van der Waals surface area (Å²) in [4.78, 5) is 12.2. The summed E-state index contributed by atoms with van der Waals surface area (Å²) >= 11 is 0. The molecule has 0 unspecified atom stereocenters. The third kappa shape index (κ3) is 4.25. The van der Waals surface area contributed by atoms with E-state index in [0.29, 0.717) is 17.8 Å². The lowest BCUT2D eigenvalue weighted by molar-refractivity contribution is -0.125. The van der Waals surface area contributed by atoms with Gasteiger partial charge in [0.25, 0.3) is 0 Å². The second-order valence-corrected chi connectivity index (χ2v) is 15.0. The minimum Gasteiger partial charge on any atom is -0.413 e. The monoisotopic (exact) mass is 376 g/mol. The zero-order chi connectivity index (χ0) is 19.6. The Labute approximate surface area is 162 Å². The van der Waals surface area contributed by atoms with E-state index in [1.54, 1.807) is 0 Å². The van der Waals surface area contributed by atoms with Gasteiger partial charge in [-0.3, -0.25) is 0 Å². The second kappa shape index (κ2) is 8.14. The van der Waals surface area contributed by atoms with Crippen molar-refractivity contribution < 1.29 is 9.22 Å². The van der Waals surface area contributed by atoms with Crippen LogP contribution in [0.25, 0.3) is 0 Å². The summed E-state index contributed by atoms with van der Waals surface area (Å²) in [6.45, 7) is 17.6. The third-order valence-corrected chi connectivity index (χ3v) is 12.0. The highest BCUT2D eigenvalue weighted by Gasteiger charge is 2.51. The van der Waals surface area contributed by atoms with E-state index in [1.165, 1.54) is 12.7 Å². The Morgan fingerprint density at radius 1 is 1.27 bits per heavy atom. The molecule has 0 aromatic rings. The first-order valence-electron chi connectivity index (χ1n) is 10.5. The molecule has 2 nitrogen and oxygen atoms in total. The van der Waals surface area contributed by atoms with Crippen molar-refractivity contribution in [2.45, 2.75) is 90.5 Å². The van der Waals surface area contributed by atoms with Crippen molar-refractivity contribution in [1.82, 2.24) is 0 Å². The van der Waals surface area contributed by atoms with E-state index < -0.39 is 8.32 Å². The molecule has 0 saturated heterocycles. The summed E-state index contributed by atoms with van der Waals surface area (Å²) in [6.07, 6.45) is 15.0. The van der Waals surface area contributed by atoms with Crippen LogP contribution in [0, 0.1) is 23.2 Å². The van der Waals surface area contributed by atoms with Crippen molar-refractivity contribution in [2.75, 3.05) is 0 Å². The zero-order valence-electron chi connectivity index (χ0n) is 17.9. The number of hydrogen-bond acceptors (Lipinski definition) is 2. The molecule has 0 spiro atoms. The Balaban J connectivity index is 2.23. The molecule has 26 heavy (non-hydrogen) atoms. The fraction of sp³-hybridized carbons (Fsp3) is 0.783. The Kier molecular flexibility index (Phi) is 6.77. The average Bonchev–Trinajstić information content (AvgIpc) is 2.56. The molecule has 1 fully saturated rings. The van der Waals surface area contributed by atoms with Crippen LogP contribution in [-0.4, -0.2) is 20.7 Å². The minimum absolute atomic E-state index is 0.222. The van der Waals surface area contributed by atoms with Crippen LogP contribution in [-0.2, 0) is 9.22 Å². The number of hydrogen-bond donors (Lipinski definition) is 0. The molecule has 0 amide bonds. The van der Waals surface area contributed by atoms with Gasteiger partial charge in [-0.05, 0) is 62.1 Å². The molecule has 2 rings (SSSR count). The molecule has 5 atom stereocenters. The van der Waals surface area contributed by atoms with Crippen LogP contribution >= 0.6 is 0 Å². The largest absolute Gasteiger partial charge is 0.413 e. The van der Waals surface area contributed by atoms with Gasteiger partial charge in [0.05, 0.1) is 6.10 Å². The van der Waals surface area contributed by atoms with E-state index in [1.807, 2.05) is 6.08 Å². The van der Waals surface area contributed by atoms with Gasteiger partial charge in [-0.1, -0.05) is 52.3 Å². The number of unbranched alkanes of at least 4 members (excludes halogenated alkanes) is 1. The Morgan fingerprint density at radius 3 is 2.54 bits per heavy atom. The van der Waals surface area contributed by atoms with Crippen LogP contribution in [0.4, 0.5) is 0 Å². The maximum Gasteiger partial charge on any atom is 0.192 e. The molecule has 0 radical (unpaired) electrons. The molecule has 2 aliphatic carbocycles. The van der Waals surface area contributed by atoms with E-state index in [-0.39, 0.29) is 16.6 Å². The van der Waals surface area contributed by atoms with Gasteiger partial charge < -0.3 is 9.22 Å². The van der Waals surface area contributed by atoms with E-state index in [4.69, 9.17) is 4.43 Å². The van der Waals surface area contributed by atoms with Crippen molar-refractivity contribution in [3.05, 3.63) is 24.8 Å². The van der Waals surface area contributed by atoms with Crippen LogP contribution in [0.2, 0.25) is 18.1 Å². The predicted octanol–water partition coefficient (Wildman–Crippen LogP) is 6.54. The summed E-state index contributed by atoms with van der Waals surface area (Å²) < 4.78 is 6.84. The molecule has 2 aliphatic rings. The van der Waals surface area contributed by atoms with Crippen LogP contribution < -0.4 is 0 Å². The Bertz CT molecular complexity index is 531. The highest BCUT2D eigenvalue weighted by Crippen LogP contribution is 2.52. The molecule has 0 aliphatic heterocycles. The molecule has 148 valence electrons. The highest BCUT2D eigenvalue weighted by atomic mass is 28.4. The molecule has 1 saturated carbocycles. The smallest absolute Gasteiger partial charge is 0.192 e. The number of allylic oxidation sites excluding steroid dienone is 2.